The number of amides is 1. The maximum absolute atomic E-state index is 11.7. The average molecular weight is 299 g/mol. The minimum absolute atomic E-state index is 0.00645. The molecule has 20 heavy (non-hydrogen) atoms. The van der Waals surface area contributed by atoms with E-state index in [2.05, 4.69) is 4.98 Å². The van der Waals surface area contributed by atoms with Gasteiger partial charge in [0, 0.05) is 44.7 Å². The molecule has 0 saturated carbocycles. The summed E-state index contributed by atoms with van der Waals surface area (Å²) in [5, 5.41) is 11.0. The second kappa shape index (κ2) is 6.51. The summed E-state index contributed by atoms with van der Waals surface area (Å²) in [4.78, 5) is 29.7. The molecule has 7 nitrogen and oxygen atoms in total. The lowest BCUT2D eigenvalue weighted by molar-refractivity contribution is -0.384. The molecule has 8 heteroatoms. The molecule has 1 aromatic rings. The second-order valence-electron chi connectivity index (χ2n) is 4.43. The predicted molar refractivity (Wildman–Crippen MR) is 75.0 cm³/mol. The normalized spacial score (nSPS) is 15.2. The van der Waals surface area contributed by atoms with E-state index in [0.717, 1.165) is 0 Å². The fourth-order valence-electron chi connectivity index (χ4n) is 2.22. The van der Waals surface area contributed by atoms with E-state index >= 15 is 0 Å². The van der Waals surface area contributed by atoms with Crippen molar-refractivity contribution in [3.05, 3.63) is 28.6 Å². The number of nitro groups is 1. The molecule has 0 bridgehead atoms. The number of nitrogens with zero attached hydrogens (tertiary/aromatic N) is 4. The Labute approximate surface area is 121 Å². The highest BCUT2D eigenvalue weighted by Crippen LogP contribution is 2.27. The number of anilines is 1. The van der Waals surface area contributed by atoms with Crippen molar-refractivity contribution < 1.29 is 9.72 Å². The largest absolute Gasteiger partial charge is 0.362 e. The maximum atomic E-state index is 11.7. The van der Waals surface area contributed by atoms with Crippen molar-refractivity contribution in [2.24, 2.45) is 0 Å². The van der Waals surface area contributed by atoms with Crippen LogP contribution in [0.5, 0.6) is 0 Å². The molecule has 0 N–H and O–H groups in total. The third kappa shape index (κ3) is 3.16. The van der Waals surface area contributed by atoms with Gasteiger partial charge in [0.2, 0.25) is 5.91 Å². The number of rotatable bonds is 4. The molecule has 1 saturated heterocycles. The van der Waals surface area contributed by atoms with E-state index in [-0.39, 0.29) is 11.6 Å². The van der Waals surface area contributed by atoms with Crippen LogP contribution in [0, 0.1) is 10.1 Å². The zero-order valence-electron chi connectivity index (χ0n) is 10.9. The Balaban J connectivity index is 2.04. The fourth-order valence-corrected chi connectivity index (χ4v) is 2.38. The summed E-state index contributed by atoms with van der Waals surface area (Å²) in [6.45, 7) is 2.24. The summed E-state index contributed by atoms with van der Waals surface area (Å²) in [6.07, 6.45) is 3.12. The SMILES string of the molecule is O=C(CCCl)N1CCN(c2ccncc2[N+](=O)[O-])CC1. The molecule has 0 atom stereocenters. The van der Waals surface area contributed by atoms with Crippen molar-refractivity contribution in [1.29, 1.82) is 0 Å². The molecule has 0 aromatic carbocycles. The number of pyridine rings is 1. The third-order valence-electron chi connectivity index (χ3n) is 3.26. The van der Waals surface area contributed by atoms with E-state index in [1.165, 1.54) is 12.4 Å². The Morgan fingerprint density at radius 2 is 2.10 bits per heavy atom. The lowest BCUT2D eigenvalue weighted by Gasteiger charge is -2.35. The highest BCUT2D eigenvalue weighted by molar-refractivity contribution is 6.18. The summed E-state index contributed by atoms with van der Waals surface area (Å²) in [7, 11) is 0. The molecule has 0 aliphatic carbocycles. The molecule has 2 rings (SSSR count). The van der Waals surface area contributed by atoms with Crippen LogP contribution in [0.4, 0.5) is 11.4 Å². The van der Waals surface area contributed by atoms with Gasteiger partial charge in [0.05, 0.1) is 4.92 Å². The van der Waals surface area contributed by atoms with Crippen molar-refractivity contribution in [1.82, 2.24) is 9.88 Å². The van der Waals surface area contributed by atoms with Gasteiger partial charge in [0.1, 0.15) is 11.9 Å². The molecule has 0 unspecified atom stereocenters. The Hall–Kier alpha value is -1.89. The highest BCUT2D eigenvalue weighted by Gasteiger charge is 2.25. The summed E-state index contributed by atoms with van der Waals surface area (Å²) in [6, 6.07) is 1.63. The zero-order chi connectivity index (χ0) is 14.5. The van der Waals surface area contributed by atoms with Gasteiger partial charge in [0.15, 0.2) is 0 Å². The minimum Gasteiger partial charge on any atom is -0.362 e. The van der Waals surface area contributed by atoms with Crippen LogP contribution in [0.25, 0.3) is 0 Å². The highest BCUT2D eigenvalue weighted by atomic mass is 35.5. The molecule has 108 valence electrons. The van der Waals surface area contributed by atoms with Gasteiger partial charge < -0.3 is 9.80 Å². The van der Waals surface area contributed by atoms with Crippen LogP contribution >= 0.6 is 11.6 Å². The van der Waals surface area contributed by atoms with Gasteiger partial charge in [-0.15, -0.1) is 11.6 Å². The van der Waals surface area contributed by atoms with E-state index in [4.69, 9.17) is 11.6 Å². The van der Waals surface area contributed by atoms with Crippen LogP contribution in [0.2, 0.25) is 0 Å². The van der Waals surface area contributed by atoms with E-state index < -0.39 is 4.92 Å². The first-order valence-electron chi connectivity index (χ1n) is 6.30. The molecule has 0 radical (unpaired) electrons. The molecule has 2 heterocycles. The number of carbonyl (C=O) groups excluding carboxylic acids is 1. The summed E-state index contributed by atoms with van der Waals surface area (Å²) in [5.41, 5.74) is 0.544. The number of hydrogen-bond acceptors (Lipinski definition) is 5. The molecule has 1 fully saturated rings. The summed E-state index contributed by atoms with van der Waals surface area (Å²) >= 11 is 5.56. The van der Waals surface area contributed by atoms with Crippen molar-refractivity contribution in [2.75, 3.05) is 37.0 Å². The first-order chi connectivity index (χ1) is 9.63. The number of piperazine rings is 1. The predicted octanol–water partition coefficient (Wildman–Crippen LogP) is 1.27. The first kappa shape index (κ1) is 14.5. The van der Waals surface area contributed by atoms with Crippen LogP contribution in [0.1, 0.15) is 6.42 Å². The second-order valence-corrected chi connectivity index (χ2v) is 4.81. The fraction of sp³-hybridized carbons (Fsp3) is 0.500. The molecule has 1 aliphatic rings. The van der Waals surface area contributed by atoms with Crippen molar-refractivity contribution in [3.8, 4) is 0 Å². The lowest BCUT2D eigenvalue weighted by Crippen LogP contribution is -2.49. The van der Waals surface area contributed by atoms with Gasteiger partial charge in [-0.1, -0.05) is 0 Å². The van der Waals surface area contributed by atoms with Crippen molar-refractivity contribution in [2.45, 2.75) is 6.42 Å². The van der Waals surface area contributed by atoms with E-state index in [1.54, 1.807) is 11.0 Å². The van der Waals surface area contributed by atoms with Gasteiger partial charge in [-0.3, -0.25) is 19.9 Å². The zero-order valence-corrected chi connectivity index (χ0v) is 11.6. The number of carbonyl (C=O) groups is 1. The number of hydrogen-bond donors (Lipinski definition) is 0. The Morgan fingerprint density at radius 3 is 2.70 bits per heavy atom. The number of halogens is 1. The van der Waals surface area contributed by atoms with Gasteiger partial charge in [-0.05, 0) is 6.07 Å². The Kier molecular flexibility index (Phi) is 4.73. The first-order valence-corrected chi connectivity index (χ1v) is 6.84. The number of alkyl halides is 1. The van der Waals surface area contributed by atoms with Crippen LogP contribution in [-0.2, 0) is 4.79 Å². The number of aromatic nitrogens is 1. The lowest BCUT2D eigenvalue weighted by atomic mass is 10.2. The monoisotopic (exact) mass is 298 g/mol. The van der Waals surface area contributed by atoms with E-state index in [0.29, 0.717) is 44.2 Å². The van der Waals surface area contributed by atoms with Gasteiger partial charge in [-0.2, -0.15) is 0 Å². The van der Waals surface area contributed by atoms with Crippen LogP contribution < -0.4 is 4.90 Å². The smallest absolute Gasteiger partial charge is 0.310 e. The molecule has 1 aromatic heterocycles. The Morgan fingerprint density at radius 1 is 1.40 bits per heavy atom. The third-order valence-corrected chi connectivity index (χ3v) is 3.44. The Bertz CT molecular complexity index is 503. The van der Waals surface area contributed by atoms with Crippen LogP contribution in [0.3, 0.4) is 0 Å². The van der Waals surface area contributed by atoms with Crippen LogP contribution in [0.15, 0.2) is 18.5 Å². The van der Waals surface area contributed by atoms with E-state index in [9.17, 15) is 14.9 Å². The maximum Gasteiger partial charge on any atom is 0.310 e. The average Bonchev–Trinajstić information content (AvgIpc) is 2.47. The quantitative estimate of drug-likeness (QED) is 0.475. The van der Waals surface area contributed by atoms with Gasteiger partial charge >= 0.3 is 5.69 Å². The van der Waals surface area contributed by atoms with Crippen LogP contribution in [-0.4, -0.2) is 52.8 Å². The summed E-state index contributed by atoms with van der Waals surface area (Å²) < 4.78 is 0. The summed E-state index contributed by atoms with van der Waals surface area (Å²) in [5.74, 6) is 0.346. The van der Waals surface area contributed by atoms with Gasteiger partial charge in [-0.25, -0.2) is 0 Å². The molecular formula is C12H15ClN4O3. The molecule has 1 aliphatic heterocycles. The van der Waals surface area contributed by atoms with E-state index in [1.807, 2.05) is 4.90 Å². The van der Waals surface area contributed by atoms with Gasteiger partial charge in [0.25, 0.3) is 0 Å². The topological polar surface area (TPSA) is 79.6 Å². The van der Waals surface area contributed by atoms with Crippen molar-refractivity contribution in [3.63, 3.8) is 0 Å². The molecule has 0 spiro atoms. The standard InChI is InChI=1S/C12H15ClN4O3/c13-3-1-12(18)16-7-5-15(6-8-16)10-2-4-14-9-11(10)17(19)20/h2,4,9H,1,3,5-8H2. The molecule has 1 amide bonds. The minimum atomic E-state index is -0.437. The van der Waals surface area contributed by atoms with Crippen molar-refractivity contribution >= 4 is 28.9 Å². The molecular weight excluding hydrogens is 284 g/mol.